The fraction of sp³-hybridized carbons (Fsp3) is 0.517. The molecule has 2 saturated heterocycles. The normalized spacial score (nSPS) is 19.8. The highest BCUT2D eigenvalue weighted by atomic mass is 35.5. The molecule has 0 radical (unpaired) electrons. The standard InChI is InChI=1S/C29H37Cl2N3O2/c1-3-26(21-8-5-4-6-9-21)32-28(36)29(2,22-11-12-24(30)25(31)20-22)15-19-33-17-13-23(14-18-33)34-16-7-10-27(34)35/h4-6,8-9,11-12,20,23,26H,3,7,10,13-19H2,1-2H3,(H,32,36)/t26-,29?/m1/s1. The van der Waals surface area contributed by atoms with Crippen LogP contribution in [0.5, 0.6) is 0 Å². The summed E-state index contributed by atoms with van der Waals surface area (Å²) >= 11 is 12.6. The van der Waals surface area contributed by atoms with Gasteiger partial charge >= 0.3 is 0 Å². The van der Waals surface area contributed by atoms with E-state index in [0.29, 0.717) is 34.8 Å². The summed E-state index contributed by atoms with van der Waals surface area (Å²) in [6.45, 7) is 7.68. The van der Waals surface area contributed by atoms with E-state index in [2.05, 4.69) is 34.2 Å². The first-order valence-electron chi connectivity index (χ1n) is 13.1. The first-order chi connectivity index (χ1) is 17.3. The lowest BCUT2D eigenvalue weighted by Crippen LogP contribution is -2.48. The van der Waals surface area contributed by atoms with Crippen LogP contribution in [0, 0.1) is 0 Å². The lowest BCUT2D eigenvalue weighted by molar-refractivity contribution is -0.131. The Kier molecular flexibility index (Phi) is 8.97. The predicted molar refractivity (Wildman–Crippen MR) is 146 cm³/mol. The zero-order chi connectivity index (χ0) is 25.7. The van der Waals surface area contributed by atoms with Crippen LogP contribution in [-0.4, -0.2) is 53.8 Å². The Bertz CT molecular complexity index is 1060. The Morgan fingerprint density at radius 3 is 2.42 bits per heavy atom. The van der Waals surface area contributed by atoms with Gasteiger partial charge in [-0.3, -0.25) is 9.59 Å². The Morgan fingerprint density at radius 2 is 1.81 bits per heavy atom. The first kappa shape index (κ1) is 27.0. The van der Waals surface area contributed by atoms with Gasteiger partial charge < -0.3 is 15.1 Å². The average Bonchev–Trinajstić information content (AvgIpc) is 3.33. The van der Waals surface area contributed by atoms with Crippen molar-refractivity contribution in [3.05, 3.63) is 69.7 Å². The number of amides is 2. The van der Waals surface area contributed by atoms with Crippen LogP contribution in [0.3, 0.4) is 0 Å². The molecule has 2 fully saturated rings. The van der Waals surface area contributed by atoms with E-state index in [1.165, 1.54) is 0 Å². The van der Waals surface area contributed by atoms with Crippen LogP contribution in [-0.2, 0) is 15.0 Å². The highest BCUT2D eigenvalue weighted by Gasteiger charge is 2.38. The van der Waals surface area contributed by atoms with Crippen LogP contribution >= 0.6 is 23.2 Å². The summed E-state index contributed by atoms with van der Waals surface area (Å²) < 4.78 is 0. The van der Waals surface area contributed by atoms with E-state index < -0.39 is 5.41 Å². The quantitative estimate of drug-likeness (QED) is 0.433. The van der Waals surface area contributed by atoms with E-state index in [1.54, 1.807) is 6.07 Å². The molecule has 1 N–H and O–H groups in total. The lowest BCUT2D eigenvalue weighted by Gasteiger charge is -2.38. The molecule has 2 atom stereocenters. The molecule has 2 aromatic carbocycles. The molecule has 2 aliphatic rings. The molecular weight excluding hydrogens is 493 g/mol. The molecule has 2 heterocycles. The van der Waals surface area contributed by atoms with Gasteiger partial charge in [0, 0.05) is 32.1 Å². The van der Waals surface area contributed by atoms with Gasteiger partial charge in [0.1, 0.15) is 0 Å². The smallest absolute Gasteiger partial charge is 0.230 e. The Labute approximate surface area is 225 Å². The minimum absolute atomic E-state index is 0.00542. The van der Waals surface area contributed by atoms with Gasteiger partial charge in [-0.25, -0.2) is 0 Å². The third kappa shape index (κ3) is 6.07. The van der Waals surface area contributed by atoms with Crippen molar-refractivity contribution in [2.24, 2.45) is 0 Å². The third-order valence-corrected chi connectivity index (χ3v) is 8.75. The molecule has 0 aliphatic carbocycles. The van der Waals surface area contributed by atoms with Crippen molar-refractivity contribution in [1.82, 2.24) is 15.1 Å². The van der Waals surface area contributed by atoms with Crippen LogP contribution in [0.4, 0.5) is 0 Å². The summed E-state index contributed by atoms with van der Waals surface area (Å²) in [5.41, 5.74) is 1.20. The molecule has 1 unspecified atom stereocenters. The molecule has 7 heteroatoms. The average molecular weight is 531 g/mol. The Balaban J connectivity index is 1.47. The van der Waals surface area contributed by atoms with Gasteiger partial charge in [0.15, 0.2) is 0 Å². The van der Waals surface area contributed by atoms with E-state index in [9.17, 15) is 9.59 Å². The molecule has 0 aromatic heterocycles. The minimum Gasteiger partial charge on any atom is -0.349 e. The number of benzene rings is 2. The van der Waals surface area contributed by atoms with Crippen molar-refractivity contribution in [2.45, 2.75) is 69.9 Å². The molecule has 36 heavy (non-hydrogen) atoms. The van der Waals surface area contributed by atoms with Crippen LogP contribution in [0.2, 0.25) is 10.0 Å². The molecular formula is C29H37Cl2N3O2. The number of hydrogen-bond donors (Lipinski definition) is 1. The van der Waals surface area contributed by atoms with Crippen molar-refractivity contribution in [2.75, 3.05) is 26.2 Å². The maximum Gasteiger partial charge on any atom is 0.230 e. The number of hydrogen-bond acceptors (Lipinski definition) is 3. The Morgan fingerprint density at radius 1 is 1.08 bits per heavy atom. The summed E-state index contributed by atoms with van der Waals surface area (Å²) in [5.74, 6) is 0.301. The SMILES string of the molecule is CC[C@@H](NC(=O)C(C)(CCN1CCC(N2CCCC2=O)CC1)c1ccc(Cl)c(Cl)c1)c1ccccc1. The van der Waals surface area contributed by atoms with Crippen LogP contribution < -0.4 is 5.32 Å². The van der Waals surface area contributed by atoms with Crippen molar-refractivity contribution in [1.29, 1.82) is 0 Å². The number of rotatable bonds is 9. The van der Waals surface area contributed by atoms with E-state index in [1.807, 2.05) is 37.3 Å². The fourth-order valence-corrected chi connectivity index (χ4v) is 5.84. The van der Waals surface area contributed by atoms with E-state index in [-0.39, 0.29) is 11.9 Å². The predicted octanol–water partition coefficient (Wildman–Crippen LogP) is 6.00. The second-order valence-electron chi connectivity index (χ2n) is 10.3. The van der Waals surface area contributed by atoms with Gasteiger partial charge in [-0.2, -0.15) is 0 Å². The van der Waals surface area contributed by atoms with Gasteiger partial charge in [-0.15, -0.1) is 0 Å². The minimum atomic E-state index is -0.766. The highest BCUT2D eigenvalue weighted by Crippen LogP contribution is 2.34. The molecule has 2 amide bonds. The highest BCUT2D eigenvalue weighted by molar-refractivity contribution is 6.42. The summed E-state index contributed by atoms with van der Waals surface area (Å²) in [7, 11) is 0. The summed E-state index contributed by atoms with van der Waals surface area (Å²) in [6.07, 6.45) is 5.13. The van der Waals surface area contributed by atoms with Gasteiger partial charge in [0.05, 0.1) is 21.5 Å². The number of nitrogens with one attached hydrogen (secondary N) is 1. The summed E-state index contributed by atoms with van der Waals surface area (Å²) in [4.78, 5) is 30.6. The van der Waals surface area contributed by atoms with E-state index in [0.717, 1.165) is 63.0 Å². The zero-order valence-electron chi connectivity index (χ0n) is 21.3. The lowest BCUT2D eigenvalue weighted by atomic mass is 9.77. The number of likely N-dealkylation sites (tertiary alicyclic amines) is 2. The van der Waals surface area contributed by atoms with Crippen molar-refractivity contribution >= 4 is 35.0 Å². The molecule has 0 spiro atoms. The second-order valence-corrected chi connectivity index (χ2v) is 11.1. The number of carbonyl (C=O) groups is 2. The second kappa shape index (κ2) is 12.0. The first-order valence-corrected chi connectivity index (χ1v) is 13.9. The van der Waals surface area contributed by atoms with Crippen molar-refractivity contribution in [3.8, 4) is 0 Å². The van der Waals surface area contributed by atoms with Gasteiger partial charge in [0.25, 0.3) is 0 Å². The van der Waals surface area contributed by atoms with Gasteiger partial charge in [-0.1, -0.05) is 66.5 Å². The topological polar surface area (TPSA) is 52.7 Å². The third-order valence-electron chi connectivity index (χ3n) is 8.01. The van der Waals surface area contributed by atoms with Gasteiger partial charge in [-0.05, 0) is 68.8 Å². The van der Waals surface area contributed by atoms with Crippen LogP contribution in [0.1, 0.15) is 69.5 Å². The summed E-state index contributed by atoms with van der Waals surface area (Å²) in [5, 5.41) is 4.26. The van der Waals surface area contributed by atoms with Gasteiger partial charge in [0.2, 0.25) is 11.8 Å². The summed E-state index contributed by atoms with van der Waals surface area (Å²) in [6, 6.07) is 15.9. The van der Waals surface area contributed by atoms with Crippen molar-refractivity contribution in [3.63, 3.8) is 0 Å². The number of halogens is 2. The zero-order valence-corrected chi connectivity index (χ0v) is 22.8. The maximum absolute atomic E-state index is 13.9. The molecule has 2 aliphatic heterocycles. The molecule has 0 bridgehead atoms. The monoisotopic (exact) mass is 529 g/mol. The molecule has 0 saturated carbocycles. The van der Waals surface area contributed by atoms with Crippen LogP contribution in [0.15, 0.2) is 48.5 Å². The maximum atomic E-state index is 13.9. The van der Waals surface area contributed by atoms with E-state index in [4.69, 9.17) is 23.2 Å². The van der Waals surface area contributed by atoms with Crippen LogP contribution in [0.25, 0.3) is 0 Å². The fourth-order valence-electron chi connectivity index (χ4n) is 5.54. The molecule has 5 nitrogen and oxygen atoms in total. The van der Waals surface area contributed by atoms with E-state index >= 15 is 0 Å². The van der Waals surface area contributed by atoms with Crippen molar-refractivity contribution < 1.29 is 9.59 Å². The number of nitrogens with zero attached hydrogens (tertiary/aromatic N) is 2. The molecule has 194 valence electrons. The Hall–Kier alpha value is -2.08. The number of piperidine rings is 1. The number of carbonyl (C=O) groups excluding carboxylic acids is 2. The largest absolute Gasteiger partial charge is 0.349 e. The molecule has 4 rings (SSSR count). The molecule has 2 aromatic rings.